The molecule has 0 spiro atoms. The zero-order valence-electron chi connectivity index (χ0n) is 37.0. The van der Waals surface area contributed by atoms with Crippen molar-refractivity contribution in [2.45, 2.75) is 271 Å². The number of hydrogen-bond acceptors (Lipinski definition) is 6. The Morgan fingerprint density at radius 3 is 0.982 bits per heavy atom. The lowest BCUT2D eigenvalue weighted by Crippen LogP contribution is -2.30. The molecule has 0 bridgehead atoms. The fourth-order valence-electron chi connectivity index (χ4n) is 7.09. The highest BCUT2D eigenvalue weighted by molar-refractivity contribution is 5.71. The number of allylic oxidation sites excluding steroid dienone is 2. The molecule has 0 aromatic heterocycles. The molecule has 6 nitrogen and oxygen atoms in total. The Hall–Kier alpha value is -1.85. The van der Waals surface area contributed by atoms with Crippen molar-refractivity contribution in [2.75, 3.05) is 13.2 Å². The van der Waals surface area contributed by atoms with Crippen molar-refractivity contribution in [3.8, 4) is 0 Å². The van der Waals surface area contributed by atoms with E-state index in [4.69, 9.17) is 14.2 Å². The number of carbonyl (C=O) groups is 3. The van der Waals surface area contributed by atoms with E-state index < -0.39 is 6.10 Å². The number of rotatable bonds is 44. The molecule has 55 heavy (non-hydrogen) atoms. The summed E-state index contributed by atoms with van der Waals surface area (Å²) in [6.07, 6.45) is 47.8. The van der Waals surface area contributed by atoms with E-state index in [9.17, 15) is 14.4 Å². The third-order valence-electron chi connectivity index (χ3n) is 10.8. The fraction of sp³-hybridized carbons (Fsp3) is 0.898. The standard InChI is InChI=1S/C49H92O6/c1-4-7-10-13-16-19-21-22-23-24-25-26-27-28-31-33-36-39-42-48(51)54-45-46(44-53-47(50)41-38-35-32-29-18-15-12-9-6-3)55-49(52)43-40-37-34-30-20-17-14-11-8-5-2/h29,32,46H,4-28,30-31,33-45H2,1-3H3/b32-29-. The molecule has 0 heterocycles. The van der Waals surface area contributed by atoms with Gasteiger partial charge in [0, 0.05) is 19.3 Å². The van der Waals surface area contributed by atoms with Crippen LogP contribution in [0.3, 0.4) is 0 Å². The largest absolute Gasteiger partial charge is 0.462 e. The first-order valence-electron chi connectivity index (χ1n) is 24.2. The average molecular weight is 777 g/mol. The third kappa shape index (κ3) is 43.1. The highest BCUT2D eigenvalue weighted by Gasteiger charge is 2.19. The van der Waals surface area contributed by atoms with Crippen LogP contribution >= 0.6 is 0 Å². The molecule has 0 aromatic rings. The highest BCUT2D eigenvalue weighted by atomic mass is 16.6. The average Bonchev–Trinajstić information content (AvgIpc) is 3.18. The van der Waals surface area contributed by atoms with Crippen molar-refractivity contribution in [1.82, 2.24) is 0 Å². The molecule has 0 aliphatic rings. The summed E-state index contributed by atoms with van der Waals surface area (Å²) in [5.41, 5.74) is 0. The van der Waals surface area contributed by atoms with Crippen LogP contribution < -0.4 is 0 Å². The van der Waals surface area contributed by atoms with Crippen LogP contribution in [-0.4, -0.2) is 37.2 Å². The normalized spacial score (nSPS) is 12.0. The highest BCUT2D eigenvalue weighted by Crippen LogP contribution is 2.16. The maximum Gasteiger partial charge on any atom is 0.306 e. The summed E-state index contributed by atoms with van der Waals surface area (Å²) in [6.45, 7) is 6.59. The number of esters is 3. The molecule has 324 valence electrons. The van der Waals surface area contributed by atoms with E-state index >= 15 is 0 Å². The lowest BCUT2D eigenvalue weighted by Gasteiger charge is -2.18. The second-order valence-electron chi connectivity index (χ2n) is 16.4. The van der Waals surface area contributed by atoms with Gasteiger partial charge in [-0.3, -0.25) is 14.4 Å². The van der Waals surface area contributed by atoms with Gasteiger partial charge in [-0.05, 0) is 38.5 Å². The Morgan fingerprint density at radius 1 is 0.345 bits per heavy atom. The van der Waals surface area contributed by atoms with E-state index in [0.29, 0.717) is 19.3 Å². The van der Waals surface area contributed by atoms with Crippen molar-refractivity contribution in [3.63, 3.8) is 0 Å². The first kappa shape index (κ1) is 53.1. The van der Waals surface area contributed by atoms with Gasteiger partial charge >= 0.3 is 17.9 Å². The lowest BCUT2D eigenvalue weighted by molar-refractivity contribution is -0.167. The second kappa shape index (κ2) is 44.9. The maximum atomic E-state index is 12.7. The van der Waals surface area contributed by atoms with Crippen molar-refractivity contribution >= 4 is 17.9 Å². The first-order chi connectivity index (χ1) is 27.0. The molecule has 0 saturated carbocycles. The van der Waals surface area contributed by atoms with E-state index in [1.54, 1.807) is 0 Å². The predicted octanol–water partition coefficient (Wildman–Crippen LogP) is 15.4. The number of unbranched alkanes of at least 4 members (excludes halogenated alkanes) is 31. The Labute approximate surface area is 341 Å². The van der Waals surface area contributed by atoms with Gasteiger partial charge in [-0.25, -0.2) is 0 Å². The molecular formula is C49H92O6. The van der Waals surface area contributed by atoms with E-state index in [1.807, 2.05) is 0 Å². The van der Waals surface area contributed by atoms with Crippen LogP contribution in [0.15, 0.2) is 12.2 Å². The minimum atomic E-state index is -0.771. The van der Waals surface area contributed by atoms with Crippen molar-refractivity contribution in [3.05, 3.63) is 12.2 Å². The zero-order valence-corrected chi connectivity index (χ0v) is 37.0. The third-order valence-corrected chi connectivity index (χ3v) is 10.8. The molecule has 0 amide bonds. The van der Waals surface area contributed by atoms with Crippen molar-refractivity contribution < 1.29 is 28.6 Å². The second-order valence-corrected chi connectivity index (χ2v) is 16.4. The predicted molar refractivity (Wildman–Crippen MR) is 233 cm³/mol. The van der Waals surface area contributed by atoms with Crippen LogP contribution in [0.1, 0.15) is 265 Å². The Bertz CT molecular complexity index is 854. The quantitative estimate of drug-likeness (QED) is 0.0265. The Balaban J connectivity index is 4.23. The minimum Gasteiger partial charge on any atom is -0.462 e. The van der Waals surface area contributed by atoms with Crippen LogP contribution in [-0.2, 0) is 28.6 Å². The van der Waals surface area contributed by atoms with Gasteiger partial charge in [0.15, 0.2) is 6.10 Å². The summed E-state index contributed by atoms with van der Waals surface area (Å²) < 4.78 is 16.7. The molecule has 0 N–H and O–H groups in total. The lowest BCUT2D eigenvalue weighted by atomic mass is 10.0. The Kier molecular flexibility index (Phi) is 43.4. The summed E-state index contributed by atoms with van der Waals surface area (Å²) in [4.78, 5) is 37.7. The topological polar surface area (TPSA) is 78.9 Å². The molecular weight excluding hydrogens is 685 g/mol. The van der Waals surface area contributed by atoms with Gasteiger partial charge in [-0.15, -0.1) is 0 Å². The molecule has 0 saturated heterocycles. The monoisotopic (exact) mass is 777 g/mol. The van der Waals surface area contributed by atoms with Crippen LogP contribution in [0.2, 0.25) is 0 Å². The van der Waals surface area contributed by atoms with Gasteiger partial charge in [0.2, 0.25) is 0 Å². The van der Waals surface area contributed by atoms with Crippen LogP contribution in [0.5, 0.6) is 0 Å². The SMILES string of the molecule is CCCCCC/C=C\CCCC(=O)OCC(COC(=O)CCCCCCCCCCCCCCCCCCCC)OC(=O)CCCCCCCCCCCC. The summed E-state index contributed by atoms with van der Waals surface area (Å²) in [7, 11) is 0. The first-order valence-corrected chi connectivity index (χ1v) is 24.2. The zero-order chi connectivity index (χ0) is 40.1. The number of hydrogen-bond donors (Lipinski definition) is 0. The molecule has 1 atom stereocenters. The molecule has 0 aromatic carbocycles. The molecule has 0 aliphatic carbocycles. The van der Waals surface area contributed by atoms with Gasteiger partial charge < -0.3 is 14.2 Å². The van der Waals surface area contributed by atoms with Crippen LogP contribution in [0.25, 0.3) is 0 Å². The molecule has 1 unspecified atom stereocenters. The summed E-state index contributed by atoms with van der Waals surface area (Å²) in [5, 5.41) is 0. The summed E-state index contributed by atoms with van der Waals surface area (Å²) in [6, 6.07) is 0. The van der Waals surface area contributed by atoms with Gasteiger partial charge in [-0.1, -0.05) is 219 Å². The summed E-state index contributed by atoms with van der Waals surface area (Å²) in [5.74, 6) is -0.901. The molecule has 6 heteroatoms. The smallest absolute Gasteiger partial charge is 0.306 e. The van der Waals surface area contributed by atoms with E-state index in [-0.39, 0.29) is 31.1 Å². The van der Waals surface area contributed by atoms with Crippen LogP contribution in [0, 0.1) is 0 Å². The van der Waals surface area contributed by atoms with Gasteiger partial charge in [0.05, 0.1) is 0 Å². The molecule has 0 fully saturated rings. The molecule has 0 aliphatic heterocycles. The van der Waals surface area contributed by atoms with E-state index in [0.717, 1.165) is 57.8 Å². The van der Waals surface area contributed by atoms with E-state index in [2.05, 4.69) is 32.9 Å². The fourth-order valence-corrected chi connectivity index (χ4v) is 7.09. The van der Waals surface area contributed by atoms with Crippen molar-refractivity contribution in [2.24, 2.45) is 0 Å². The maximum absolute atomic E-state index is 12.7. The van der Waals surface area contributed by atoms with Crippen molar-refractivity contribution in [1.29, 1.82) is 0 Å². The van der Waals surface area contributed by atoms with E-state index in [1.165, 1.54) is 167 Å². The summed E-state index contributed by atoms with van der Waals surface area (Å²) >= 11 is 0. The molecule has 0 rings (SSSR count). The molecule has 0 radical (unpaired) electrons. The van der Waals surface area contributed by atoms with Gasteiger partial charge in [0.25, 0.3) is 0 Å². The number of ether oxygens (including phenoxy) is 3. The van der Waals surface area contributed by atoms with Gasteiger partial charge in [-0.2, -0.15) is 0 Å². The van der Waals surface area contributed by atoms with Gasteiger partial charge in [0.1, 0.15) is 13.2 Å². The minimum absolute atomic E-state index is 0.0737. The number of carbonyl (C=O) groups excluding carboxylic acids is 3. The van der Waals surface area contributed by atoms with Crippen LogP contribution in [0.4, 0.5) is 0 Å². The Morgan fingerprint density at radius 2 is 0.618 bits per heavy atom.